The third kappa shape index (κ3) is 3.06. The van der Waals surface area contributed by atoms with Gasteiger partial charge >= 0.3 is 5.97 Å². The van der Waals surface area contributed by atoms with Crippen molar-refractivity contribution < 1.29 is 13.9 Å². The third-order valence-electron chi connectivity index (χ3n) is 3.61. The zero-order valence-electron chi connectivity index (χ0n) is 10.4. The van der Waals surface area contributed by atoms with Crippen molar-refractivity contribution in [3.05, 3.63) is 12.2 Å². The molecule has 0 spiro atoms. The molecule has 0 aromatic carbocycles. The van der Waals surface area contributed by atoms with Crippen molar-refractivity contribution in [2.24, 2.45) is 11.8 Å². The minimum Gasteiger partial charge on any atom is -0.466 e. The predicted octanol–water partition coefficient (Wildman–Crippen LogP) is 3.27. The number of esters is 1. The molecule has 0 radical (unpaired) electrons. The van der Waals surface area contributed by atoms with E-state index in [1.807, 2.05) is 0 Å². The first-order valence-electron chi connectivity index (χ1n) is 5.79. The van der Waals surface area contributed by atoms with Crippen molar-refractivity contribution in [1.29, 1.82) is 0 Å². The number of carbonyl (C=O) groups excluding carboxylic acids is 1. The summed E-state index contributed by atoms with van der Waals surface area (Å²) < 4.78 is 17.6. The van der Waals surface area contributed by atoms with Gasteiger partial charge in [0, 0.05) is 5.57 Å². The number of ether oxygens (including phenoxy) is 1. The molecule has 0 aromatic heterocycles. The first kappa shape index (κ1) is 13.2. The van der Waals surface area contributed by atoms with Gasteiger partial charge in [0.1, 0.15) is 5.67 Å². The summed E-state index contributed by atoms with van der Waals surface area (Å²) in [6.07, 6.45) is 4.46. The summed E-state index contributed by atoms with van der Waals surface area (Å²) in [5, 5.41) is 0. The van der Waals surface area contributed by atoms with Crippen LogP contribution in [0.1, 0.15) is 39.5 Å². The van der Waals surface area contributed by atoms with Crippen molar-refractivity contribution in [3.63, 3.8) is 0 Å². The number of rotatable bonds is 1. The molecule has 92 valence electrons. The quantitative estimate of drug-likeness (QED) is 0.508. The van der Waals surface area contributed by atoms with Crippen molar-refractivity contribution in [1.82, 2.24) is 0 Å². The molecule has 2 bridgehead atoms. The predicted molar refractivity (Wildman–Crippen MR) is 61.8 cm³/mol. The van der Waals surface area contributed by atoms with E-state index in [1.54, 1.807) is 13.8 Å². The van der Waals surface area contributed by atoms with Crippen LogP contribution < -0.4 is 0 Å². The second-order valence-electron chi connectivity index (χ2n) is 5.13. The topological polar surface area (TPSA) is 26.3 Å². The van der Waals surface area contributed by atoms with E-state index in [1.165, 1.54) is 20.0 Å². The van der Waals surface area contributed by atoms with Crippen LogP contribution in [-0.2, 0) is 9.53 Å². The molecule has 0 amide bonds. The fraction of sp³-hybridized carbons (Fsp3) is 0.769. The van der Waals surface area contributed by atoms with E-state index in [4.69, 9.17) is 0 Å². The molecule has 2 saturated carbocycles. The Balaban J connectivity index is 0.000000168. The number of halogens is 1. The van der Waals surface area contributed by atoms with E-state index in [-0.39, 0.29) is 5.97 Å². The van der Waals surface area contributed by atoms with Crippen molar-refractivity contribution in [3.8, 4) is 0 Å². The summed E-state index contributed by atoms with van der Waals surface area (Å²) in [5.74, 6) is 0.812. The van der Waals surface area contributed by atoms with E-state index >= 15 is 0 Å². The molecule has 0 aliphatic heterocycles. The minimum absolute atomic E-state index is 0.347. The zero-order chi connectivity index (χ0) is 12.3. The molecule has 2 nitrogen and oxygen atoms in total. The van der Waals surface area contributed by atoms with Crippen LogP contribution >= 0.6 is 0 Å². The first-order valence-corrected chi connectivity index (χ1v) is 5.79. The maximum absolute atomic E-state index is 13.3. The average Bonchev–Trinajstić information content (AvgIpc) is 2.75. The number of alkyl halides is 1. The van der Waals surface area contributed by atoms with E-state index in [9.17, 15) is 9.18 Å². The highest BCUT2D eigenvalue weighted by molar-refractivity contribution is 5.86. The maximum atomic E-state index is 13.3. The zero-order valence-corrected chi connectivity index (χ0v) is 10.4. The van der Waals surface area contributed by atoms with Gasteiger partial charge in [0.2, 0.25) is 0 Å². The van der Waals surface area contributed by atoms with Gasteiger partial charge in [-0.2, -0.15) is 0 Å². The Kier molecular flexibility index (Phi) is 4.11. The van der Waals surface area contributed by atoms with Gasteiger partial charge in [-0.3, -0.25) is 0 Å². The molecule has 2 fully saturated rings. The van der Waals surface area contributed by atoms with Gasteiger partial charge in [-0.1, -0.05) is 6.58 Å². The molecule has 2 aliphatic rings. The minimum atomic E-state index is -0.789. The molecule has 0 N–H and O–H groups in total. The highest BCUT2D eigenvalue weighted by Gasteiger charge is 2.48. The lowest BCUT2D eigenvalue weighted by Gasteiger charge is -2.24. The molecule has 3 unspecified atom stereocenters. The third-order valence-corrected chi connectivity index (χ3v) is 3.61. The Morgan fingerprint density at radius 3 is 2.25 bits per heavy atom. The van der Waals surface area contributed by atoms with E-state index in [0.717, 1.165) is 18.8 Å². The Morgan fingerprint density at radius 2 is 2.12 bits per heavy atom. The van der Waals surface area contributed by atoms with Crippen LogP contribution in [0.3, 0.4) is 0 Å². The summed E-state index contributed by atoms with van der Waals surface area (Å²) >= 11 is 0. The number of hydrogen-bond acceptors (Lipinski definition) is 2. The molecule has 0 heterocycles. The molecule has 0 saturated heterocycles. The highest BCUT2D eigenvalue weighted by Crippen LogP contribution is 2.52. The summed E-state index contributed by atoms with van der Waals surface area (Å²) in [6.45, 7) is 6.73. The first-order chi connectivity index (χ1) is 7.36. The standard InChI is InChI=1S/C8H13F.C5H8O2/c1-8(9)5-6-2-3-7(8)4-6;1-4(2)5(6)7-3/h6-7H,2-5H2,1H3;1H2,2-3H3. The molecular weight excluding hydrogens is 207 g/mol. The maximum Gasteiger partial charge on any atom is 0.332 e. The molecule has 2 aliphatic carbocycles. The number of fused-ring (bicyclic) bond motifs is 2. The second kappa shape index (κ2) is 4.98. The Hall–Kier alpha value is -0.860. The van der Waals surface area contributed by atoms with Crippen molar-refractivity contribution >= 4 is 5.97 Å². The van der Waals surface area contributed by atoms with Gasteiger partial charge in [0.15, 0.2) is 0 Å². The monoisotopic (exact) mass is 228 g/mol. The SMILES string of the molecule is C=C(C)C(=O)OC.CC1(F)CC2CCC1C2. The lowest BCUT2D eigenvalue weighted by Crippen LogP contribution is -2.25. The van der Waals surface area contributed by atoms with Gasteiger partial charge in [0.25, 0.3) is 0 Å². The lowest BCUT2D eigenvalue weighted by molar-refractivity contribution is -0.136. The average molecular weight is 228 g/mol. The molecule has 2 rings (SSSR count). The van der Waals surface area contributed by atoms with E-state index in [0.29, 0.717) is 11.5 Å². The van der Waals surface area contributed by atoms with Crippen molar-refractivity contribution in [2.75, 3.05) is 7.11 Å². The normalized spacial score (nSPS) is 35.2. The van der Waals surface area contributed by atoms with Crippen LogP contribution in [0.15, 0.2) is 12.2 Å². The molecule has 0 aromatic rings. The van der Waals surface area contributed by atoms with Gasteiger partial charge in [0.05, 0.1) is 7.11 Å². The molecular formula is C13H21FO2. The largest absolute Gasteiger partial charge is 0.466 e. The number of methoxy groups -OCH3 is 1. The molecule has 16 heavy (non-hydrogen) atoms. The van der Waals surface area contributed by atoms with Gasteiger partial charge in [-0.25, -0.2) is 9.18 Å². The van der Waals surface area contributed by atoms with Crippen LogP contribution in [0.5, 0.6) is 0 Å². The number of hydrogen-bond donors (Lipinski definition) is 0. The second-order valence-corrected chi connectivity index (χ2v) is 5.13. The number of carbonyl (C=O) groups is 1. The molecule has 3 heteroatoms. The van der Waals surface area contributed by atoms with Crippen LogP contribution in [0.2, 0.25) is 0 Å². The fourth-order valence-electron chi connectivity index (χ4n) is 2.71. The highest BCUT2D eigenvalue weighted by atomic mass is 19.1. The van der Waals surface area contributed by atoms with Crippen LogP contribution in [-0.4, -0.2) is 18.7 Å². The summed E-state index contributed by atoms with van der Waals surface area (Å²) in [4.78, 5) is 10.2. The Bertz CT molecular complexity index is 284. The fourth-order valence-corrected chi connectivity index (χ4v) is 2.71. The van der Waals surface area contributed by atoms with Crippen LogP contribution in [0.25, 0.3) is 0 Å². The summed E-state index contributed by atoms with van der Waals surface area (Å²) in [6, 6.07) is 0. The van der Waals surface area contributed by atoms with E-state index < -0.39 is 5.67 Å². The van der Waals surface area contributed by atoms with Crippen LogP contribution in [0, 0.1) is 11.8 Å². The summed E-state index contributed by atoms with van der Waals surface area (Å²) in [5.41, 5.74) is -0.356. The van der Waals surface area contributed by atoms with Gasteiger partial charge in [-0.15, -0.1) is 0 Å². The smallest absolute Gasteiger partial charge is 0.332 e. The lowest BCUT2D eigenvalue weighted by atomic mass is 9.88. The van der Waals surface area contributed by atoms with E-state index in [2.05, 4.69) is 11.3 Å². The van der Waals surface area contributed by atoms with Crippen LogP contribution in [0.4, 0.5) is 4.39 Å². The van der Waals surface area contributed by atoms with Gasteiger partial charge in [-0.05, 0) is 51.4 Å². The Labute approximate surface area is 96.9 Å². The summed E-state index contributed by atoms with van der Waals surface area (Å²) in [7, 11) is 1.33. The van der Waals surface area contributed by atoms with Crippen molar-refractivity contribution in [2.45, 2.75) is 45.2 Å². The van der Waals surface area contributed by atoms with Gasteiger partial charge < -0.3 is 4.74 Å². The molecule has 3 atom stereocenters. The Morgan fingerprint density at radius 1 is 1.50 bits per heavy atom.